The zero-order chi connectivity index (χ0) is 18.8. The predicted molar refractivity (Wildman–Crippen MR) is 105 cm³/mol. The van der Waals surface area contributed by atoms with E-state index in [-0.39, 0.29) is 11.7 Å². The lowest BCUT2D eigenvalue weighted by Crippen LogP contribution is -3.06. The fourth-order valence-electron chi connectivity index (χ4n) is 2.43. The number of halogens is 3. The van der Waals surface area contributed by atoms with Crippen molar-refractivity contribution in [2.45, 2.75) is 0 Å². The fourth-order valence-corrected chi connectivity index (χ4v) is 3.81. The smallest absolute Gasteiger partial charge is 0.261 e. The summed E-state index contributed by atoms with van der Waals surface area (Å²) in [6.07, 6.45) is 0. The van der Waals surface area contributed by atoms with E-state index < -0.39 is 0 Å². The summed E-state index contributed by atoms with van der Waals surface area (Å²) in [5.74, 6) is -0.612. The van der Waals surface area contributed by atoms with Crippen LogP contribution in [0.4, 0.5) is 9.52 Å². The molecule has 1 heterocycles. The summed E-state index contributed by atoms with van der Waals surface area (Å²) in [7, 11) is 4.01. The number of thiazole rings is 1. The predicted octanol–water partition coefficient (Wildman–Crippen LogP) is 3.53. The normalized spacial score (nSPS) is 11.3. The van der Waals surface area contributed by atoms with Crippen molar-refractivity contribution in [3.05, 3.63) is 57.8 Å². The van der Waals surface area contributed by atoms with E-state index in [1.54, 1.807) is 29.2 Å². The number of aromatic nitrogens is 1. The number of hydrogen-bond donors (Lipinski definition) is 1. The summed E-state index contributed by atoms with van der Waals surface area (Å²) in [6, 6.07) is 9.17. The second-order valence-electron chi connectivity index (χ2n) is 6.15. The van der Waals surface area contributed by atoms with Gasteiger partial charge in [0.25, 0.3) is 5.91 Å². The average Bonchev–Trinajstić information content (AvgIpc) is 2.99. The molecule has 0 spiro atoms. The number of fused-ring (bicyclic) bond motifs is 1. The van der Waals surface area contributed by atoms with Gasteiger partial charge in [-0.2, -0.15) is 0 Å². The number of carbonyl (C=O) groups is 1. The van der Waals surface area contributed by atoms with E-state index in [0.29, 0.717) is 44.0 Å². The van der Waals surface area contributed by atoms with Gasteiger partial charge < -0.3 is 4.90 Å². The first-order valence-corrected chi connectivity index (χ1v) is 9.54. The Morgan fingerprint density at radius 2 is 2.00 bits per heavy atom. The number of quaternary nitrogens is 1. The van der Waals surface area contributed by atoms with Gasteiger partial charge in [-0.1, -0.05) is 34.5 Å². The first kappa shape index (κ1) is 19.0. The van der Waals surface area contributed by atoms with Crippen LogP contribution in [0.1, 0.15) is 10.4 Å². The molecule has 2 aromatic carbocycles. The zero-order valence-corrected chi connectivity index (χ0v) is 16.6. The second-order valence-corrected chi connectivity index (χ2v) is 8.00. The highest BCUT2D eigenvalue weighted by molar-refractivity contribution is 7.22. The molecule has 0 atom stereocenters. The number of nitrogens with one attached hydrogen (secondary N) is 1. The first-order valence-electron chi connectivity index (χ1n) is 7.97. The van der Waals surface area contributed by atoms with Crippen molar-refractivity contribution in [1.82, 2.24) is 4.98 Å². The number of anilines is 1. The number of amides is 1. The highest BCUT2D eigenvalue weighted by atomic mass is 35.5. The molecule has 1 amide bonds. The Labute approximate surface area is 164 Å². The van der Waals surface area contributed by atoms with E-state index in [0.717, 1.165) is 0 Å². The fraction of sp³-hybridized carbons (Fsp3) is 0.222. The molecular weight excluding hydrogens is 396 g/mol. The first-order chi connectivity index (χ1) is 12.3. The van der Waals surface area contributed by atoms with Crippen LogP contribution in [0, 0.1) is 5.82 Å². The monoisotopic (exact) mass is 412 g/mol. The lowest BCUT2D eigenvalue weighted by atomic mass is 10.2. The molecule has 0 fully saturated rings. The van der Waals surface area contributed by atoms with E-state index in [4.69, 9.17) is 23.2 Å². The van der Waals surface area contributed by atoms with Crippen LogP contribution in [-0.4, -0.2) is 38.1 Å². The van der Waals surface area contributed by atoms with Crippen LogP contribution in [-0.2, 0) is 0 Å². The van der Waals surface area contributed by atoms with Gasteiger partial charge in [-0.05, 0) is 36.4 Å². The molecule has 0 unspecified atom stereocenters. The average molecular weight is 413 g/mol. The summed E-state index contributed by atoms with van der Waals surface area (Å²) >= 11 is 13.5. The Balaban J connectivity index is 2.03. The van der Waals surface area contributed by atoms with Gasteiger partial charge in [-0.3, -0.25) is 9.69 Å². The van der Waals surface area contributed by atoms with Crippen molar-refractivity contribution in [3.63, 3.8) is 0 Å². The van der Waals surface area contributed by atoms with Gasteiger partial charge in [0, 0.05) is 5.02 Å². The molecule has 0 saturated carbocycles. The summed E-state index contributed by atoms with van der Waals surface area (Å²) in [4.78, 5) is 20.4. The second kappa shape index (κ2) is 7.88. The Hall–Kier alpha value is -1.73. The topological polar surface area (TPSA) is 37.6 Å². The Morgan fingerprint density at radius 1 is 1.23 bits per heavy atom. The Morgan fingerprint density at radius 3 is 2.73 bits per heavy atom. The lowest BCUT2D eigenvalue weighted by Gasteiger charge is -2.21. The van der Waals surface area contributed by atoms with Crippen molar-refractivity contribution < 1.29 is 14.1 Å². The van der Waals surface area contributed by atoms with Crippen LogP contribution in [0.5, 0.6) is 0 Å². The lowest BCUT2D eigenvalue weighted by molar-refractivity contribution is -0.856. The van der Waals surface area contributed by atoms with Gasteiger partial charge in [0.05, 0.1) is 48.0 Å². The molecule has 26 heavy (non-hydrogen) atoms. The van der Waals surface area contributed by atoms with Crippen LogP contribution in [0.25, 0.3) is 10.2 Å². The number of hydrogen-bond acceptors (Lipinski definition) is 3. The third-order valence-electron chi connectivity index (χ3n) is 3.81. The van der Waals surface area contributed by atoms with Gasteiger partial charge in [0.1, 0.15) is 5.82 Å². The van der Waals surface area contributed by atoms with Crippen molar-refractivity contribution in [3.8, 4) is 0 Å². The molecule has 0 radical (unpaired) electrons. The van der Waals surface area contributed by atoms with Gasteiger partial charge in [-0.15, -0.1) is 0 Å². The van der Waals surface area contributed by atoms with Gasteiger partial charge in [0.15, 0.2) is 5.13 Å². The van der Waals surface area contributed by atoms with Crippen LogP contribution in [0.15, 0.2) is 36.4 Å². The summed E-state index contributed by atoms with van der Waals surface area (Å²) in [6.45, 7) is 1.17. The van der Waals surface area contributed by atoms with Crippen LogP contribution < -0.4 is 9.80 Å². The van der Waals surface area contributed by atoms with E-state index in [1.165, 1.54) is 28.4 Å². The zero-order valence-electron chi connectivity index (χ0n) is 14.2. The number of nitrogens with zero attached hydrogens (tertiary/aromatic N) is 2. The maximum absolute atomic E-state index is 13.5. The summed E-state index contributed by atoms with van der Waals surface area (Å²) < 4.78 is 14.2. The summed E-state index contributed by atoms with van der Waals surface area (Å²) in [5.41, 5.74) is 0.969. The Bertz CT molecular complexity index is 961. The number of likely N-dealkylation sites (N-methyl/N-ethyl adjacent to an activating group) is 1. The van der Waals surface area contributed by atoms with E-state index in [2.05, 4.69) is 4.98 Å². The van der Waals surface area contributed by atoms with E-state index in [9.17, 15) is 9.18 Å². The molecular formula is C18H17Cl2FN3OS+. The molecule has 4 nitrogen and oxygen atoms in total. The minimum Gasteiger partial charge on any atom is -0.338 e. The highest BCUT2D eigenvalue weighted by Gasteiger charge is 2.24. The standard InChI is InChI=1S/C18H16Cl2FN3OS/c1-23(2)7-8-24(17(25)13-9-11(19)3-5-14(13)20)18-22-15-6-4-12(21)10-16(15)26-18/h3-6,9-10H,7-8H2,1-2H3/p+1. The molecule has 136 valence electrons. The largest absolute Gasteiger partial charge is 0.338 e. The number of carbonyl (C=O) groups excluding carboxylic acids is 1. The summed E-state index contributed by atoms with van der Waals surface area (Å²) in [5, 5.41) is 1.27. The third kappa shape index (κ3) is 4.15. The van der Waals surface area contributed by atoms with Crippen LogP contribution in [0.2, 0.25) is 10.0 Å². The van der Waals surface area contributed by atoms with Crippen LogP contribution >= 0.6 is 34.5 Å². The minimum atomic E-state index is -0.332. The molecule has 3 rings (SSSR count). The molecule has 0 aliphatic rings. The molecule has 8 heteroatoms. The molecule has 1 aromatic heterocycles. The van der Waals surface area contributed by atoms with E-state index >= 15 is 0 Å². The number of benzene rings is 2. The molecule has 1 N–H and O–H groups in total. The third-order valence-corrected chi connectivity index (χ3v) is 5.42. The van der Waals surface area contributed by atoms with Crippen LogP contribution in [0.3, 0.4) is 0 Å². The molecule has 3 aromatic rings. The van der Waals surface area contributed by atoms with Crippen molar-refractivity contribution in [2.24, 2.45) is 0 Å². The van der Waals surface area contributed by atoms with E-state index in [1.807, 2.05) is 14.1 Å². The Kier molecular flexibility index (Phi) is 5.77. The van der Waals surface area contributed by atoms with Gasteiger partial charge >= 0.3 is 0 Å². The quantitative estimate of drug-likeness (QED) is 0.695. The maximum atomic E-state index is 13.5. The van der Waals surface area contributed by atoms with Gasteiger partial charge in [0.2, 0.25) is 0 Å². The van der Waals surface area contributed by atoms with Crippen molar-refractivity contribution in [2.75, 3.05) is 32.1 Å². The van der Waals surface area contributed by atoms with Gasteiger partial charge in [-0.25, -0.2) is 9.37 Å². The maximum Gasteiger partial charge on any atom is 0.261 e. The van der Waals surface area contributed by atoms with Crippen molar-refractivity contribution >= 4 is 55.8 Å². The molecule has 0 aliphatic carbocycles. The molecule has 0 saturated heterocycles. The minimum absolute atomic E-state index is 0.279. The molecule has 0 aliphatic heterocycles. The number of rotatable bonds is 5. The molecule has 0 bridgehead atoms. The van der Waals surface area contributed by atoms with Crippen molar-refractivity contribution in [1.29, 1.82) is 0 Å². The SMILES string of the molecule is C[NH+](C)CCN(C(=O)c1cc(Cl)ccc1Cl)c1nc2ccc(F)cc2s1. The highest BCUT2D eigenvalue weighted by Crippen LogP contribution is 2.31.